The number of carboxylic acid groups (broad SMARTS) is 1. The highest BCUT2D eigenvalue weighted by Gasteiger charge is 2.20. The Balaban J connectivity index is 1.22. The smallest absolute Gasteiger partial charge is 0.345 e. The minimum atomic E-state index is -1.03. The second kappa shape index (κ2) is 12.2. The molecule has 0 bridgehead atoms. The third-order valence-electron chi connectivity index (χ3n) is 5.41. The number of pyridine rings is 1. The number of para-hydroxylation sites is 1. The molecule has 7 nitrogen and oxygen atoms in total. The Morgan fingerprint density at radius 3 is 2.22 bits per heavy atom. The number of aromatic nitrogens is 1. The molecule has 4 aromatic rings. The first-order valence-corrected chi connectivity index (χ1v) is 11.5. The van der Waals surface area contributed by atoms with Crippen LogP contribution in [0.1, 0.15) is 15.9 Å². The van der Waals surface area contributed by atoms with Crippen LogP contribution in [-0.4, -0.2) is 41.2 Å². The molecule has 3 aromatic carbocycles. The topological polar surface area (TPSA) is 97.8 Å². The summed E-state index contributed by atoms with van der Waals surface area (Å²) in [6, 6.07) is 29.0. The van der Waals surface area contributed by atoms with Crippen LogP contribution in [0.3, 0.4) is 0 Å². The van der Waals surface area contributed by atoms with Gasteiger partial charge in [-0.3, -0.25) is 9.78 Å². The molecule has 2 N–H and O–H groups in total. The van der Waals surface area contributed by atoms with E-state index in [0.29, 0.717) is 30.2 Å². The molecule has 1 heterocycles. The molecule has 182 valence electrons. The summed E-state index contributed by atoms with van der Waals surface area (Å²) in [6.07, 6.45) is 0.962. The van der Waals surface area contributed by atoms with Crippen LogP contribution in [0.2, 0.25) is 0 Å². The molecule has 0 aliphatic rings. The summed E-state index contributed by atoms with van der Waals surface area (Å²) in [6.45, 7) is 0.639. The van der Waals surface area contributed by atoms with E-state index >= 15 is 0 Å². The number of rotatable bonds is 11. The number of carbonyl (C=O) groups is 2. The first-order chi connectivity index (χ1) is 17.6. The van der Waals surface area contributed by atoms with E-state index < -0.39 is 12.1 Å². The van der Waals surface area contributed by atoms with Crippen molar-refractivity contribution >= 4 is 11.9 Å². The second-order valence-corrected chi connectivity index (χ2v) is 8.00. The van der Waals surface area contributed by atoms with Crippen LogP contribution < -0.4 is 14.8 Å². The Morgan fingerprint density at radius 2 is 1.56 bits per heavy atom. The summed E-state index contributed by atoms with van der Waals surface area (Å²) < 4.78 is 11.3. The number of carbonyl (C=O) groups excluding carboxylic acids is 1. The maximum absolute atomic E-state index is 12.4. The average molecular weight is 483 g/mol. The molecule has 0 saturated heterocycles. The number of benzene rings is 3. The third-order valence-corrected chi connectivity index (χ3v) is 5.41. The van der Waals surface area contributed by atoms with E-state index in [1.54, 1.807) is 66.9 Å². The molecule has 0 fully saturated rings. The van der Waals surface area contributed by atoms with Gasteiger partial charge in [0.25, 0.3) is 5.91 Å². The molecule has 7 heteroatoms. The van der Waals surface area contributed by atoms with Gasteiger partial charge in [-0.1, -0.05) is 48.5 Å². The highest BCUT2D eigenvalue weighted by molar-refractivity contribution is 5.94. The highest BCUT2D eigenvalue weighted by Crippen LogP contribution is 2.18. The van der Waals surface area contributed by atoms with Crippen LogP contribution in [0.15, 0.2) is 103 Å². The van der Waals surface area contributed by atoms with Gasteiger partial charge in [0.2, 0.25) is 0 Å². The van der Waals surface area contributed by atoms with E-state index in [4.69, 9.17) is 9.47 Å². The minimum absolute atomic E-state index is 0.181. The zero-order chi connectivity index (χ0) is 25.2. The van der Waals surface area contributed by atoms with Crippen molar-refractivity contribution in [3.8, 4) is 22.8 Å². The molecule has 0 aliphatic heterocycles. The number of amides is 1. The van der Waals surface area contributed by atoms with Crippen molar-refractivity contribution in [1.82, 2.24) is 10.3 Å². The number of nitrogens with one attached hydrogen (secondary N) is 1. The number of hydrogen-bond acceptors (Lipinski definition) is 5. The average Bonchev–Trinajstić information content (AvgIpc) is 2.92. The fourth-order valence-electron chi connectivity index (χ4n) is 3.54. The number of carboxylic acids is 1. The lowest BCUT2D eigenvalue weighted by molar-refractivity contribution is -0.145. The molecular formula is C29H26N2O5. The van der Waals surface area contributed by atoms with Crippen LogP contribution in [0.25, 0.3) is 11.3 Å². The zero-order valence-electron chi connectivity index (χ0n) is 19.5. The highest BCUT2D eigenvalue weighted by atomic mass is 16.5. The third kappa shape index (κ3) is 6.93. The number of hydrogen-bond donors (Lipinski definition) is 2. The molecule has 1 aromatic heterocycles. The predicted molar refractivity (Wildman–Crippen MR) is 136 cm³/mol. The number of aliphatic carboxylic acids is 1. The van der Waals surface area contributed by atoms with E-state index in [-0.39, 0.29) is 12.3 Å². The Hall–Kier alpha value is -4.65. The summed E-state index contributed by atoms with van der Waals surface area (Å²) in [5.74, 6) is -0.0689. The fraction of sp³-hybridized carbons (Fsp3) is 0.138. The lowest BCUT2D eigenvalue weighted by atomic mass is 10.1. The SMILES string of the molecule is O=C(NCCOc1ccc(CC(Oc2ccccc2)C(=O)O)cc1)c1ccc(-c2ccccn2)cc1. The molecule has 36 heavy (non-hydrogen) atoms. The lowest BCUT2D eigenvalue weighted by Gasteiger charge is -2.15. The Labute approximate surface area is 209 Å². The van der Waals surface area contributed by atoms with Crippen molar-refractivity contribution in [2.45, 2.75) is 12.5 Å². The van der Waals surface area contributed by atoms with E-state index in [1.165, 1.54) is 0 Å². The van der Waals surface area contributed by atoms with Gasteiger partial charge < -0.3 is 19.9 Å². The van der Waals surface area contributed by atoms with Gasteiger partial charge in [0.1, 0.15) is 18.1 Å². The van der Waals surface area contributed by atoms with Gasteiger partial charge in [0, 0.05) is 23.7 Å². The quantitative estimate of drug-likeness (QED) is 0.303. The minimum Gasteiger partial charge on any atom is -0.492 e. The molecule has 1 amide bonds. The zero-order valence-corrected chi connectivity index (χ0v) is 19.5. The van der Waals surface area contributed by atoms with Crippen LogP contribution >= 0.6 is 0 Å². The van der Waals surface area contributed by atoms with Crippen molar-refractivity contribution in [2.24, 2.45) is 0 Å². The summed E-state index contributed by atoms with van der Waals surface area (Å²) in [4.78, 5) is 28.3. The van der Waals surface area contributed by atoms with Gasteiger partial charge in [0.05, 0.1) is 12.2 Å². The molecular weight excluding hydrogens is 456 g/mol. The maximum atomic E-state index is 12.4. The maximum Gasteiger partial charge on any atom is 0.345 e. The first-order valence-electron chi connectivity index (χ1n) is 11.5. The first kappa shape index (κ1) is 24.5. The normalized spacial score (nSPS) is 11.3. The van der Waals surface area contributed by atoms with E-state index in [0.717, 1.165) is 16.8 Å². The van der Waals surface area contributed by atoms with Crippen molar-refractivity contribution in [3.63, 3.8) is 0 Å². The number of ether oxygens (including phenoxy) is 2. The van der Waals surface area contributed by atoms with Crippen LogP contribution in [0.4, 0.5) is 0 Å². The molecule has 0 aliphatic carbocycles. The summed E-state index contributed by atoms with van der Waals surface area (Å²) in [5, 5.41) is 12.3. The summed E-state index contributed by atoms with van der Waals surface area (Å²) >= 11 is 0. The van der Waals surface area contributed by atoms with Gasteiger partial charge in [-0.15, -0.1) is 0 Å². The van der Waals surface area contributed by atoms with Crippen molar-refractivity contribution in [3.05, 3.63) is 114 Å². The summed E-state index contributed by atoms with van der Waals surface area (Å²) in [5.41, 5.74) is 3.17. The summed E-state index contributed by atoms with van der Waals surface area (Å²) in [7, 11) is 0. The Morgan fingerprint density at radius 1 is 0.833 bits per heavy atom. The van der Waals surface area contributed by atoms with Crippen LogP contribution in [0, 0.1) is 0 Å². The Kier molecular flexibility index (Phi) is 8.27. The standard InChI is InChI=1S/C29H26N2O5/c32-28(23-13-11-22(12-14-23)26-8-4-5-17-30-26)31-18-19-35-24-15-9-21(10-16-24)20-27(29(33)34)36-25-6-2-1-3-7-25/h1-17,27H,18-20H2,(H,31,32)(H,33,34). The van der Waals surface area contributed by atoms with E-state index in [2.05, 4.69) is 10.3 Å². The molecule has 0 spiro atoms. The van der Waals surface area contributed by atoms with Crippen molar-refractivity contribution < 1.29 is 24.2 Å². The van der Waals surface area contributed by atoms with Gasteiger partial charge in [0.15, 0.2) is 6.10 Å². The van der Waals surface area contributed by atoms with E-state index in [1.807, 2.05) is 36.4 Å². The van der Waals surface area contributed by atoms with E-state index in [9.17, 15) is 14.7 Å². The molecule has 1 atom stereocenters. The van der Waals surface area contributed by atoms with Crippen molar-refractivity contribution in [1.29, 1.82) is 0 Å². The van der Waals surface area contributed by atoms with Crippen LogP contribution in [-0.2, 0) is 11.2 Å². The van der Waals surface area contributed by atoms with Gasteiger partial charge in [-0.05, 0) is 54.1 Å². The molecule has 4 rings (SSSR count). The fourth-order valence-corrected chi connectivity index (χ4v) is 3.54. The van der Waals surface area contributed by atoms with Gasteiger partial charge >= 0.3 is 5.97 Å². The lowest BCUT2D eigenvalue weighted by Crippen LogP contribution is -2.29. The molecule has 0 saturated carbocycles. The molecule has 0 radical (unpaired) electrons. The Bertz CT molecular complexity index is 1260. The van der Waals surface area contributed by atoms with Crippen LogP contribution in [0.5, 0.6) is 11.5 Å². The number of nitrogens with zero attached hydrogens (tertiary/aromatic N) is 1. The predicted octanol–water partition coefficient (Wildman–Crippen LogP) is 4.63. The van der Waals surface area contributed by atoms with Crippen molar-refractivity contribution in [2.75, 3.05) is 13.2 Å². The second-order valence-electron chi connectivity index (χ2n) is 8.00. The van der Waals surface area contributed by atoms with Gasteiger partial charge in [-0.25, -0.2) is 4.79 Å². The monoisotopic (exact) mass is 482 g/mol. The van der Waals surface area contributed by atoms with Gasteiger partial charge in [-0.2, -0.15) is 0 Å². The largest absolute Gasteiger partial charge is 0.492 e. The molecule has 1 unspecified atom stereocenters.